The number of nitrogens with zero attached hydrogens (tertiary/aromatic N) is 3. The highest BCUT2D eigenvalue weighted by Crippen LogP contribution is 2.14. The molecule has 0 atom stereocenters. The van der Waals surface area contributed by atoms with Crippen LogP contribution in [0.4, 0.5) is 0 Å². The second-order valence-corrected chi connectivity index (χ2v) is 8.17. The van der Waals surface area contributed by atoms with Crippen LogP contribution in [0.15, 0.2) is 23.3 Å². The van der Waals surface area contributed by atoms with Crippen molar-refractivity contribution in [2.24, 2.45) is 4.99 Å². The second-order valence-electron chi connectivity index (χ2n) is 5.91. The zero-order valence-electron chi connectivity index (χ0n) is 14.6. The maximum absolute atomic E-state index is 11.9. The molecule has 8 heteroatoms. The largest absolute Gasteiger partial charge is 0.354 e. The Morgan fingerprint density at radius 2 is 2.12 bits per heavy atom. The normalized spacial score (nSPS) is 17.7. The molecule has 1 aromatic rings. The van der Waals surface area contributed by atoms with E-state index >= 15 is 0 Å². The number of pyridine rings is 1. The zero-order valence-corrected chi connectivity index (χ0v) is 15.4. The minimum Gasteiger partial charge on any atom is -0.354 e. The van der Waals surface area contributed by atoms with Crippen molar-refractivity contribution in [3.63, 3.8) is 0 Å². The summed E-state index contributed by atoms with van der Waals surface area (Å²) in [5.74, 6) is 0.884. The van der Waals surface area contributed by atoms with Gasteiger partial charge in [-0.2, -0.15) is 0 Å². The Balaban J connectivity index is 1.83. The van der Waals surface area contributed by atoms with Gasteiger partial charge in [0.1, 0.15) is 0 Å². The molecule has 2 heterocycles. The molecule has 1 aliphatic rings. The molecule has 0 saturated carbocycles. The van der Waals surface area contributed by atoms with Gasteiger partial charge in [-0.15, -0.1) is 0 Å². The summed E-state index contributed by atoms with van der Waals surface area (Å²) < 4.78 is 25.4. The minimum absolute atomic E-state index is 0.164. The third kappa shape index (κ3) is 4.91. The number of sulfonamides is 1. The van der Waals surface area contributed by atoms with E-state index in [1.807, 2.05) is 19.1 Å². The number of piperidine rings is 1. The van der Waals surface area contributed by atoms with E-state index < -0.39 is 10.0 Å². The van der Waals surface area contributed by atoms with Crippen LogP contribution >= 0.6 is 0 Å². The van der Waals surface area contributed by atoms with Gasteiger partial charge in [-0.1, -0.05) is 6.07 Å². The van der Waals surface area contributed by atoms with Gasteiger partial charge in [0.2, 0.25) is 10.0 Å². The van der Waals surface area contributed by atoms with E-state index in [0.29, 0.717) is 19.6 Å². The summed E-state index contributed by atoms with van der Waals surface area (Å²) in [5.41, 5.74) is 2.13. The fourth-order valence-electron chi connectivity index (χ4n) is 2.72. The lowest BCUT2D eigenvalue weighted by molar-refractivity contribution is 0.306. The number of hydrogen-bond donors (Lipinski definition) is 2. The lowest BCUT2D eigenvalue weighted by atomic mass is 10.1. The quantitative estimate of drug-likeness (QED) is 0.606. The third-order valence-corrected chi connectivity index (χ3v) is 6.20. The molecule has 0 spiro atoms. The smallest absolute Gasteiger partial charge is 0.213 e. The molecule has 2 rings (SSSR count). The number of rotatable bonds is 5. The summed E-state index contributed by atoms with van der Waals surface area (Å²) in [6, 6.07) is 4.18. The molecule has 0 aliphatic carbocycles. The van der Waals surface area contributed by atoms with Crippen molar-refractivity contribution < 1.29 is 8.42 Å². The van der Waals surface area contributed by atoms with Gasteiger partial charge in [-0.3, -0.25) is 9.98 Å². The number of aliphatic imine (C=N–C) groups is 1. The topological polar surface area (TPSA) is 86.7 Å². The first-order chi connectivity index (χ1) is 11.5. The average molecular weight is 353 g/mol. The summed E-state index contributed by atoms with van der Waals surface area (Å²) in [6.07, 6.45) is 3.34. The Kier molecular flexibility index (Phi) is 6.56. The summed E-state index contributed by atoms with van der Waals surface area (Å²) in [6.45, 7) is 5.44. The molecule has 1 aliphatic heterocycles. The van der Waals surface area contributed by atoms with Crippen LogP contribution in [0.5, 0.6) is 0 Å². The van der Waals surface area contributed by atoms with E-state index in [0.717, 1.165) is 30.1 Å². The molecule has 1 saturated heterocycles. The van der Waals surface area contributed by atoms with Crippen molar-refractivity contribution in [2.45, 2.75) is 39.3 Å². The van der Waals surface area contributed by atoms with Gasteiger partial charge < -0.3 is 10.6 Å². The molecule has 134 valence electrons. The van der Waals surface area contributed by atoms with Crippen LogP contribution in [0.1, 0.15) is 31.0 Å². The Morgan fingerprint density at radius 1 is 1.42 bits per heavy atom. The molecule has 2 N–H and O–H groups in total. The van der Waals surface area contributed by atoms with Crippen LogP contribution < -0.4 is 10.6 Å². The van der Waals surface area contributed by atoms with Crippen LogP contribution in [-0.4, -0.2) is 55.6 Å². The van der Waals surface area contributed by atoms with Crippen molar-refractivity contribution in [1.82, 2.24) is 19.9 Å². The molecule has 0 radical (unpaired) electrons. The molecule has 0 bridgehead atoms. The summed E-state index contributed by atoms with van der Waals surface area (Å²) in [5, 5.41) is 6.65. The van der Waals surface area contributed by atoms with E-state index in [1.165, 1.54) is 0 Å². The number of guanidine groups is 1. The lowest BCUT2D eigenvalue weighted by Crippen LogP contribution is -2.49. The van der Waals surface area contributed by atoms with E-state index in [-0.39, 0.29) is 11.8 Å². The molecule has 7 nitrogen and oxygen atoms in total. The highest BCUT2D eigenvalue weighted by Gasteiger charge is 2.26. The van der Waals surface area contributed by atoms with Crippen LogP contribution in [-0.2, 0) is 16.6 Å². The Labute approximate surface area is 144 Å². The summed E-state index contributed by atoms with van der Waals surface area (Å²) in [4.78, 5) is 8.60. The van der Waals surface area contributed by atoms with Gasteiger partial charge >= 0.3 is 0 Å². The van der Waals surface area contributed by atoms with Gasteiger partial charge in [-0.25, -0.2) is 12.7 Å². The fraction of sp³-hybridized carbons (Fsp3) is 0.625. The van der Waals surface area contributed by atoms with Crippen LogP contribution in [0.2, 0.25) is 0 Å². The highest BCUT2D eigenvalue weighted by molar-refractivity contribution is 7.89. The van der Waals surface area contributed by atoms with Crippen molar-refractivity contribution in [3.05, 3.63) is 29.6 Å². The van der Waals surface area contributed by atoms with Crippen LogP contribution in [0.3, 0.4) is 0 Å². The monoisotopic (exact) mass is 353 g/mol. The lowest BCUT2D eigenvalue weighted by Gasteiger charge is -2.32. The molecule has 0 amide bonds. The van der Waals surface area contributed by atoms with Crippen molar-refractivity contribution in [1.29, 1.82) is 0 Å². The second kappa shape index (κ2) is 8.43. The predicted octanol–water partition coefficient (Wildman–Crippen LogP) is 0.869. The van der Waals surface area contributed by atoms with E-state index in [1.54, 1.807) is 24.5 Å². The van der Waals surface area contributed by atoms with Gasteiger partial charge in [-0.05, 0) is 38.3 Å². The van der Waals surface area contributed by atoms with Crippen molar-refractivity contribution in [2.75, 3.05) is 25.9 Å². The number of nitrogens with one attached hydrogen (secondary N) is 2. The molecule has 0 aromatic carbocycles. The Bertz CT molecular complexity index is 667. The third-order valence-electron chi connectivity index (χ3n) is 4.32. The summed E-state index contributed by atoms with van der Waals surface area (Å²) >= 11 is 0. The molecular formula is C16H27N5O2S. The Morgan fingerprint density at radius 3 is 2.71 bits per heavy atom. The molecule has 1 aromatic heterocycles. The van der Waals surface area contributed by atoms with Crippen molar-refractivity contribution in [3.8, 4) is 0 Å². The predicted molar refractivity (Wildman–Crippen MR) is 96.4 cm³/mol. The first-order valence-electron chi connectivity index (χ1n) is 8.31. The standard InChI is InChI=1S/C16H27N5O2S/c1-4-24(22,23)21-10-7-14(8-11-21)20-16(17-3)19-12-15-13(2)6-5-9-18-15/h5-6,9,14H,4,7-8,10-12H2,1-3H3,(H2,17,19,20). The fourth-order valence-corrected chi connectivity index (χ4v) is 3.85. The molecule has 1 fully saturated rings. The zero-order chi connectivity index (χ0) is 17.6. The minimum atomic E-state index is -3.08. The van der Waals surface area contributed by atoms with Crippen LogP contribution in [0, 0.1) is 6.92 Å². The van der Waals surface area contributed by atoms with E-state index in [4.69, 9.17) is 0 Å². The summed E-state index contributed by atoms with van der Waals surface area (Å²) in [7, 11) is -1.34. The first-order valence-corrected chi connectivity index (χ1v) is 9.92. The van der Waals surface area contributed by atoms with E-state index in [2.05, 4.69) is 20.6 Å². The molecule has 24 heavy (non-hydrogen) atoms. The van der Waals surface area contributed by atoms with Gasteiger partial charge in [0.25, 0.3) is 0 Å². The van der Waals surface area contributed by atoms with Crippen molar-refractivity contribution >= 4 is 16.0 Å². The molecular weight excluding hydrogens is 326 g/mol. The van der Waals surface area contributed by atoms with Gasteiger partial charge in [0.15, 0.2) is 5.96 Å². The van der Waals surface area contributed by atoms with E-state index in [9.17, 15) is 8.42 Å². The average Bonchev–Trinajstić information content (AvgIpc) is 2.60. The SMILES string of the molecule is CCS(=O)(=O)N1CCC(NC(=NC)NCc2ncccc2C)CC1. The molecule has 0 unspecified atom stereocenters. The first kappa shape index (κ1) is 18.7. The maximum atomic E-state index is 11.9. The van der Waals surface area contributed by atoms with Gasteiger partial charge in [0, 0.05) is 32.4 Å². The number of aryl methyl sites for hydroxylation is 1. The van der Waals surface area contributed by atoms with Gasteiger partial charge in [0.05, 0.1) is 18.0 Å². The maximum Gasteiger partial charge on any atom is 0.213 e. The Hall–Kier alpha value is -1.67. The van der Waals surface area contributed by atoms with Crippen LogP contribution in [0.25, 0.3) is 0 Å². The highest BCUT2D eigenvalue weighted by atomic mass is 32.2. The number of aromatic nitrogens is 1. The number of hydrogen-bond acceptors (Lipinski definition) is 4.